The van der Waals surface area contributed by atoms with Crippen molar-refractivity contribution >= 4 is 27.5 Å². The van der Waals surface area contributed by atoms with Crippen molar-refractivity contribution in [1.82, 2.24) is 29.0 Å². The van der Waals surface area contributed by atoms with Crippen LogP contribution < -0.4 is 0 Å². The Labute approximate surface area is 147 Å². The minimum atomic E-state index is -0.00582. The largest absolute Gasteiger partial charge is 0.337 e. The highest BCUT2D eigenvalue weighted by Gasteiger charge is 2.27. The Morgan fingerprint density at radius 1 is 1.25 bits per heavy atom. The van der Waals surface area contributed by atoms with Gasteiger partial charge in [0.2, 0.25) is 0 Å². The predicted octanol–water partition coefficient (Wildman–Crippen LogP) is 2.25. The SMILES string of the molecule is Cn1cc(C(=O)N2CCC(c3ccnc4ccnn34)CC2)nc1Br. The summed E-state index contributed by atoms with van der Waals surface area (Å²) >= 11 is 3.33. The molecule has 1 saturated heterocycles. The van der Waals surface area contributed by atoms with Crippen LogP contribution in [0.1, 0.15) is 34.9 Å². The number of fused-ring (bicyclic) bond motifs is 1. The third-order valence-corrected chi connectivity index (χ3v) is 5.30. The van der Waals surface area contributed by atoms with Crippen molar-refractivity contribution in [3.05, 3.63) is 46.8 Å². The zero-order valence-corrected chi connectivity index (χ0v) is 14.8. The summed E-state index contributed by atoms with van der Waals surface area (Å²) in [6.07, 6.45) is 7.19. The molecule has 0 aromatic carbocycles. The number of aromatic nitrogens is 5. The molecule has 0 aliphatic carbocycles. The third kappa shape index (κ3) is 2.60. The summed E-state index contributed by atoms with van der Waals surface area (Å²) in [5.41, 5.74) is 2.52. The second kappa shape index (κ2) is 6.01. The summed E-state index contributed by atoms with van der Waals surface area (Å²) in [5, 5.41) is 4.36. The van der Waals surface area contributed by atoms with Crippen molar-refractivity contribution in [2.24, 2.45) is 7.05 Å². The van der Waals surface area contributed by atoms with Gasteiger partial charge >= 0.3 is 0 Å². The zero-order chi connectivity index (χ0) is 16.7. The number of piperidine rings is 1. The lowest BCUT2D eigenvalue weighted by Gasteiger charge is -2.31. The lowest BCUT2D eigenvalue weighted by molar-refractivity contribution is 0.0706. The van der Waals surface area contributed by atoms with Crippen molar-refractivity contribution < 1.29 is 4.79 Å². The van der Waals surface area contributed by atoms with Gasteiger partial charge in [-0.1, -0.05) is 0 Å². The number of carbonyl (C=O) groups is 1. The summed E-state index contributed by atoms with van der Waals surface area (Å²) in [7, 11) is 1.86. The molecule has 3 aromatic heterocycles. The van der Waals surface area contributed by atoms with E-state index in [1.165, 1.54) is 0 Å². The van der Waals surface area contributed by atoms with E-state index < -0.39 is 0 Å². The van der Waals surface area contributed by atoms with Gasteiger partial charge < -0.3 is 9.47 Å². The monoisotopic (exact) mass is 388 g/mol. The molecular formula is C16H17BrN6O. The van der Waals surface area contributed by atoms with E-state index in [-0.39, 0.29) is 5.91 Å². The lowest BCUT2D eigenvalue weighted by Crippen LogP contribution is -2.38. The van der Waals surface area contributed by atoms with Crippen LogP contribution in [-0.2, 0) is 7.05 Å². The third-order valence-electron chi connectivity index (χ3n) is 4.56. The molecule has 1 amide bonds. The van der Waals surface area contributed by atoms with Gasteiger partial charge in [0.05, 0.1) is 6.20 Å². The van der Waals surface area contributed by atoms with Gasteiger partial charge in [-0.15, -0.1) is 0 Å². The van der Waals surface area contributed by atoms with E-state index >= 15 is 0 Å². The number of hydrogen-bond acceptors (Lipinski definition) is 4. The second-order valence-electron chi connectivity index (χ2n) is 6.04. The fourth-order valence-corrected chi connectivity index (χ4v) is 3.54. The van der Waals surface area contributed by atoms with Crippen LogP contribution in [0, 0.1) is 0 Å². The lowest BCUT2D eigenvalue weighted by atomic mass is 9.93. The molecule has 7 nitrogen and oxygen atoms in total. The molecule has 0 saturated carbocycles. The van der Waals surface area contributed by atoms with E-state index in [2.05, 4.69) is 31.0 Å². The van der Waals surface area contributed by atoms with Crippen molar-refractivity contribution in [1.29, 1.82) is 0 Å². The molecule has 1 fully saturated rings. The Morgan fingerprint density at radius 3 is 2.75 bits per heavy atom. The first kappa shape index (κ1) is 15.3. The molecule has 0 unspecified atom stereocenters. The highest BCUT2D eigenvalue weighted by molar-refractivity contribution is 9.10. The van der Waals surface area contributed by atoms with Gasteiger partial charge in [0, 0.05) is 50.2 Å². The Balaban J connectivity index is 1.49. The van der Waals surface area contributed by atoms with Crippen LogP contribution in [0.5, 0.6) is 0 Å². The van der Waals surface area contributed by atoms with Crippen LogP contribution in [0.4, 0.5) is 0 Å². The van der Waals surface area contributed by atoms with Crippen molar-refractivity contribution in [2.45, 2.75) is 18.8 Å². The van der Waals surface area contributed by atoms with Gasteiger partial charge in [0.1, 0.15) is 5.69 Å². The van der Waals surface area contributed by atoms with E-state index in [9.17, 15) is 4.79 Å². The Hall–Kier alpha value is -2.22. The molecule has 1 aliphatic heterocycles. The van der Waals surface area contributed by atoms with Crippen LogP contribution in [0.25, 0.3) is 5.65 Å². The summed E-state index contributed by atoms with van der Waals surface area (Å²) in [6.45, 7) is 1.45. The molecular weight excluding hydrogens is 372 g/mol. The smallest absolute Gasteiger partial charge is 0.274 e. The zero-order valence-electron chi connectivity index (χ0n) is 13.3. The van der Waals surface area contributed by atoms with Gasteiger partial charge in [0.15, 0.2) is 10.4 Å². The fraction of sp³-hybridized carbons (Fsp3) is 0.375. The highest BCUT2D eigenvalue weighted by Crippen LogP contribution is 2.28. The molecule has 1 aliphatic rings. The highest BCUT2D eigenvalue weighted by atomic mass is 79.9. The van der Waals surface area contributed by atoms with Gasteiger partial charge in [-0.25, -0.2) is 14.5 Å². The molecule has 0 spiro atoms. The minimum absolute atomic E-state index is 0.00582. The van der Waals surface area contributed by atoms with Crippen LogP contribution >= 0.6 is 15.9 Å². The molecule has 0 atom stereocenters. The van der Waals surface area contributed by atoms with Gasteiger partial charge in [-0.05, 0) is 34.8 Å². The predicted molar refractivity (Wildman–Crippen MR) is 91.8 cm³/mol. The average Bonchev–Trinajstić information content (AvgIpc) is 3.21. The van der Waals surface area contributed by atoms with Gasteiger partial charge in [0.25, 0.3) is 5.91 Å². The van der Waals surface area contributed by atoms with Crippen molar-refractivity contribution in [2.75, 3.05) is 13.1 Å². The number of nitrogens with zero attached hydrogens (tertiary/aromatic N) is 6. The number of aryl methyl sites for hydroxylation is 1. The van der Waals surface area contributed by atoms with E-state index in [0.717, 1.165) is 37.3 Å². The standard InChI is InChI=1S/C16H17BrN6O/c1-21-10-12(20-16(21)17)15(24)22-8-4-11(5-9-22)13-2-6-18-14-3-7-19-23(13)14/h2-3,6-7,10-11H,4-5,8-9H2,1H3. The van der Waals surface area contributed by atoms with Gasteiger partial charge in [-0.3, -0.25) is 4.79 Å². The molecule has 124 valence electrons. The van der Waals surface area contributed by atoms with Crippen LogP contribution in [-0.4, -0.2) is 48.0 Å². The molecule has 4 heterocycles. The first-order valence-electron chi connectivity index (χ1n) is 7.90. The van der Waals surface area contributed by atoms with E-state index in [1.54, 1.807) is 17.0 Å². The summed E-state index contributed by atoms with van der Waals surface area (Å²) < 4.78 is 4.36. The van der Waals surface area contributed by atoms with Gasteiger partial charge in [-0.2, -0.15) is 5.10 Å². The van der Waals surface area contributed by atoms with Crippen molar-refractivity contribution in [3.8, 4) is 0 Å². The molecule has 0 radical (unpaired) electrons. The van der Waals surface area contributed by atoms with Crippen LogP contribution in [0.15, 0.2) is 35.5 Å². The topological polar surface area (TPSA) is 68.3 Å². The molecule has 0 bridgehead atoms. The van der Waals surface area contributed by atoms with Crippen LogP contribution in [0.2, 0.25) is 0 Å². The number of imidazole rings is 1. The minimum Gasteiger partial charge on any atom is -0.337 e. The summed E-state index contributed by atoms with van der Waals surface area (Å²) in [4.78, 5) is 23.0. The fourth-order valence-electron chi connectivity index (χ4n) is 3.25. The Kier molecular flexibility index (Phi) is 3.84. The normalized spacial score (nSPS) is 16.0. The molecule has 3 aromatic rings. The molecule has 8 heteroatoms. The first-order chi connectivity index (χ1) is 11.6. The maximum atomic E-state index is 12.6. The molecule has 0 N–H and O–H groups in total. The number of hydrogen-bond donors (Lipinski definition) is 0. The second-order valence-corrected chi connectivity index (χ2v) is 6.75. The summed E-state index contributed by atoms with van der Waals surface area (Å²) in [5.74, 6) is 0.378. The number of amides is 1. The quantitative estimate of drug-likeness (QED) is 0.674. The van der Waals surface area contributed by atoms with Crippen molar-refractivity contribution in [3.63, 3.8) is 0 Å². The van der Waals surface area contributed by atoms with Crippen LogP contribution in [0.3, 0.4) is 0 Å². The summed E-state index contributed by atoms with van der Waals surface area (Å²) in [6, 6.07) is 3.93. The van der Waals surface area contributed by atoms with E-state index in [1.807, 2.05) is 34.8 Å². The van der Waals surface area contributed by atoms with E-state index in [4.69, 9.17) is 0 Å². The number of rotatable bonds is 2. The Bertz CT molecular complexity index is 873. The van der Waals surface area contributed by atoms with E-state index in [0.29, 0.717) is 16.3 Å². The maximum absolute atomic E-state index is 12.6. The molecule has 24 heavy (non-hydrogen) atoms. The Morgan fingerprint density at radius 2 is 2.04 bits per heavy atom. The number of carbonyl (C=O) groups excluding carboxylic acids is 1. The average molecular weight is 389 g/mol. The number of halogens is 1. The maximum Gasteiger partial charge on any atom is 0.274 e. The first-order valence-corrected chi connectivity index (χ1v) is 8.69. The number of likely N-dealkylation sites (tertiary alicyclic amines) is 1. The molecule has 4 rings (SSSR count).